The number of nitrogens with one attached hydrogen (secondary N) is 2. The van der Waals surface area contributed by atoms with Gasteiger partial charge in [0, 0.05) is 37.6 Å². The number of sulfonamides is 1. The molecule has 2 aromatic heterocycles. The van der Waals surface area contributed by atoms with Crippen molar-refractivity contribution in [2.24, 2.45) is 0 Å². The van der Waals surface area contributed by atoms with E-state index in [-0.39, 0.29) is 17.1 Å². The van der Waals surface area contributed by atoms with Crippen molar-refractivity contribution in [1.82, 2.24) is 19.3 Å². The van der Waals surface area contributed by atoms with Gasteiger partial charge in [-0.25, -0.2) is 22.9 Å². The van der Waals surface area contributed by atoms with Gasteiger partial charge < -0.3 is 14.7 Å². The van der Waals surface area contributed by atoms with E-state index >= 15 is 0 Å². The van der Waals surface area contributed by atoms with Crippen molar-refractivity contribution in [3.8, 4) is 0 Å². The Hall–Kier alpha value is -2.13. The molecule has 0 bridgehead atoms. The van der Waals surface area contributed by atoms with E-state index in [1.165, 1.54) is 17.1 Å². The minimum atomic E-state index is -3.73. The number of H-pyrrole nitrogens is 1. The maximum atomic E-state index is 12.1. The van der Waals surface area contributed by atoms with Crippen LogP contribution in [-0.2, 0) is 23.0 Å². The lowest BCUT2D eigenvalue weighted by Gasteiger charge is -2.03. The highest BCUT2D eigenvalue weighted by Crippen LogP contribution is 2.14. The Morgan fingerprint density at radius 1 is 1.52 bits per heavy atom. The summed E-state index contributed by atoms with van der Waals surface area (Å²) in [4.78, 5) is 17.7. The van der Waals surface area contributed by atoms with Gasteiger partial charge in [-0.15, -0.1) is 0 Å². The van der Waals surface area contributed by atoms with Gasteiger partial charge in [0.25, 0.3) is 0 Å². The van der Waals surface area contributed by atoms with Crippen LogP contribution in [0.1, 0.15) is 23.1 Å². The van der Waals surface area contributed by atoms with Crippen LogP contribution >= 0.6 is 0 Å². The summed E-state index contributed by atoms with van der Waals surface area (Å²) in [6.45, 7) is 2.32. The molecule has 0 amide bonds. The zero-order valence-corrected chi connectivity index (χ0v) is 12.2. The zero-order chi connectivity index (χ0) is 15.5. The van der Waals surface area contributed by atoms with Crippen molar-refractivity contribution in [3.63, 3.8) is 0 Å². The number of carboxylic acids is 1. The Bertz CT molecular complexity index is 719. The SMILES string of the molecule is CCn1cc(S(=O)(=O)NCCc2cnc[nH]2)cc1C(=O)O. The van der Waals surface area contributed by atoms with Crippen molar-refractivity contribution in [1.29, 1.82) is 0 Å². The fourth-order valence-electron chi connectivity index (χ4n) is 1.90. The normalized spacial score (nSPS) is 11.7. The molecule has 0 aliphatic carbocycles. The second kappa shape index (κ2) is 6.10. The van der Waals surface area contributed by atoms with E-state index < -0.39 is 16.0 Å². The molecule has 0 unspecified atom stereocenters. The van der Waals surface area contributed by atoms with E-state index in [4.69, 9.17) is 5.11 Å². The van der Waals surface area contributed by atoms with Crippen molar-refractivity contribution >= 4 is 16.0 Å². The molecule has 21 heavy (non-hydrogen) atoms. The highest BCUT2D eigenvalue weighted by molar-refractivity contribution is 7.89. The minimum Gasteiger partial charge on any atom is -0.477 e. The first-order chi connectivity index (χ1) is 9.94. The summed E-state index contributed by atoms with van der Waals surface area (Å²) in [5.74, 6) is -1.16. The fourth-order valence-corrected chi connectivity index (χ4v) is 2.97. The van der Waals surface area contributed by atoms with Crippen LogP contribution in [0.2, 0.25) is 0 Å². The Morgan fingerprint density at radius 2 is 2.29 bits per heavy atom. The standard InChI is InChI=1S/C12H16N4O4S/c1-2-16-7-10(5-11(16)12(17)18)21(19,20)15-4-3-9-6-13-8-14-9/h5-8,15H,2-4H2,1H3,(H,13,14)(H,17,18). The minimum absolute atomic E-state index is 0.0496. The number of carbonyl (C=O) groups is 1. The second-order valence-electron chi connectivity index (χ2n) is 4.38. The summed E-state index contributed by atoms with van der Waals surface area (Å²) in [5, 5.41) is 9.03. The molecule has 0 atom stereocenters. The molecule has 0 fully saturated rings. The molecule has 0 aromatic carbocycles. The molecule has 2 rings (SSSR count). The molecule has 2 aromatic rings. The molecular formula is C12H16N4O4S. The van der Waals surface area contributed by atoms with Crippen LogP contribution in [0.25, 0.3) is 0 Å². The van der Waals surface area contributed by atoms with Crippen LogP contribution in [0.4, 0.5) is 0 Å². The van der Waals surface area contributed by atoms with E-state index in [0.717, 1.165) is 11.8 Å². The zero-order valence-electron chi connectivity index (χ0n) is 11.4. The molecule has 9 heteroatoms. The van der Waals surface area contributed by atoms with E-state index in [9.17, 15) is 13.2 Å². The Morgan fingerprint density at radius 3 is 2.81 bits per heavy atom. The quantitative estimate of drug-likeness (QED) is 0.686. The first kappa shape index (κ1) is 15.3. The van der Waals surface area contributed by atoms with Crippen LogP contribution in [0.5, 0.6) is 0 Å². The number of nitrogens with zero attached hydrogens (tertiary/aromatic N) is 2. The van der Waals surface area contributed by atoms with Crippen LogP contribution in [0.3, 0.4) is 0 Å². The van der Waals surface area contributed by atoms with Gasteiger partial charge in [0.1, 0.15) is 10.6 Å². The summed E-state index contributed by atoms with van der Waals surface area (Å²) >= 11 is 0. The van der Waals surface area contributed by atoms with Gasteiger partial charge in [0.05, 0.1) is 6.33 Å². The first-order valence-electron chi connectivity index (χ1n) is 6.34. The molecule has 2 heterocycles. The largest absolute Gasteiger partial charge is 0.477 e. The number of rotatable bonds is 7. The number of hydrogen-bond donors (Lipinski definition) is 3. The number of hydrogen-bond acceptors (Lipinski definition) is 4. The number of aromatic carboxylic acids is 1. The Kier molecular flexibility index (Phi) is 4.43. The summed E-state index contributed by atoms with van der Waals surface area (Å²) in [6, 6.07) is 1.16. The number of carboxylic acid groups (broad SMARTS) is 1. The lowest BCUT2D eigenvalue weighted by Crippen LogP contribution is -2.25. The molecule has 0 saturated heterocycles. The number of aryl methyl sites for hydroxylation is 1. The Balaban J connectivity index is 2.10. The van der Waals surface area contributed by atoms with Gasteiger partial charge >= 0.3 is 5.97 Å². The van der Waals surface area contributed by atoms with Gasteiger partial charge in [0.15, 0.2) is 0 Å². The molecule has 0 aliphatic heterocycles. The average molecular weight is 312 g/mol. The van der Waals surface area contributed by atoms with E-state index in [2.05, 4.69) is 14.7 Å². The fraction of sp³-hybridized carbons (Fsp3) is 0.333. The van der Waals surface area contributed by atoms with Crippen LogP contribution < -0.4 is 4.72 Å². The van der Waals surface area contributed by atoms with Gasteiger partial charge in [-0.2, -0.15) is 0 Å². The van der Waals surface area contributed by atoms with Gasteiger partial charge in [-0.05, 0) is 13.0 Å². The van der Waals surface area contributed by atoms with Crippen LogP contribution in [0, 0.1) is 0 Å². The third kappa shape index (κ3) is 3.50. The molecule has 3 N–H and O–H groups in total. The van der Waals surface area contributed by atoms with E-state index in [1.54, 1.807) is 13.1 Å². The topological polar surface area (TPSA) is 117 Å². The average Bonchev–Trinajstić information content (AvgIpc) is 3.07. The first-order valence-corrected chi connectivity index (χ1v) is 7.82. The number of aromatic nitrogens is 3. The second-order valence-corrected chi connectivity index (χ2v) is 6.14. The highest BCUT2D eigenvalue weighted by Gasteiger charge is 2.20. The summed E-state index contributed by atoms with van der Waals surface area (Å²) in [6.07, 6.45) is 4.93. The number of aromatic amines is 1. The number of imidazole rings is 1. The summed E-state index contributed by atoms with van der Waals surface area (Å²) < 4.78 is 28.1. The predicted molar refractivity (Wildman–Crippen MR) is 74.5 cm³/mol. The van der Waals surface area contributed by atoms with Gasteiger partial charge in [-0.3, -0.25) is 0 Å². The van der Waals surface area contributed by atoms with Crippen molar-refractivity contribution in [3.05, 3.63) is 36.2 Å². The van der Waals surface area contributed by atoms with Gasteiger partial charge in [0.2, 0.25) is 10.0 Å². The van der Waals surface area contributed by atoms with Crippen molar-refractivity contribution in [2.45, 2.75) is 24.8 Å². The molecule has 0 aliphatic rings. The lowest BCUT2D eigenvalue weighted by molar-refractivity contribution is 0.0685. The molecule has 0 spiro atoms. The third-order valence-corrected chi connectivity index (χ3v) is 4.41. The molecule has 114 valence electrons. The van der Waals surface area contributed by atoms with Crippen molar-refractivity contribution < 1.29 is 18.3 Å². The Labute approximate surface area is 121 Å². The maximum Gasteiger partial charge on any atom is 0.352 e. The molecular weight excluding hydrogens is 296 g/mol. The maximum absolute atomic E-state index is 12.1. The highest BCUT2D eigenvalue weighted by atomic mass is 32.2. The van der Waals surface area contributed by atoms with E-state index in [0.29, 0.717) is 13.0 Å². The smallest absolute Gasteiger partial charge is 0.352 e. The summed E-state index contributed by atoms with van der Waals surface area (Å²) in [5.41, 5.74) is 0.765. The third-order valence-electron chi connectivity index (χ3n) is 2.98. The van der Waals surface area contributed by atoms with Crippen molar-refractivity contribution in [2.75, 3.05) is 6.54 Å². The molecule has 8 nitrogen and oxygen atoms in total. The van der Waals surface area contributed by atoms with E-state index in [1.807, 2.05) is 0 Å². The monoisotopic (exact) mass is 312 g/mol. The predicted octanol–water partition coefficient (Wildman–Crippen LogP) is 0.450. The van der Waals surface area contributed by atoms with Crippen LogP contribution in [-0.4, -0.2) is 40.6 Å². The van der Waals surface area contributed by atoms with Crippen LogP contribution in [0.15, 0.2) is 29.7 Å². The summed E-state index contributed by atoms with van der Waals surface area (Å²) in [7, 11) is -3.73. The molecule has 0 radical (unpaired) electrons. The van der Waals surface area contributed by atoms with Gasteiger partial charge in [-0.1, -0.05) is 0 Å². The molecule has 0 saturated carbocycles. The lowest BCUT2D eigenvalue weighted by atomic mass is 10.3.